The summed E-state index contributed by atoms with van der Waals surface area (Å²) in [5, 5.41) is 14.7. The highest BCUT2D eigenvalue weighted by molar-refractivity contribution is 5.35. The second kappa shape index (κ2) is 5.53. The lowest BCUT2D eigenvalue weighted by Gasteiger charge is -2.17. The molecule has 0 amide bonds. The van der Waals surface area contributed by atoms with Crippen LogP contribution in [0.5, 0.6) is 0 Å². The Bertz CT molecular complexity index is 540. The summed E-state index contributed by atoms with van der Waals surface area (Å²) in [5.41, 5.74) is 3.23. The van der Waals surface area contributed by atoms with E-state index in [0.717, 1.165) is 22.5 Å². The second-order valence-electron chi connectivity index (χ2n) is 5.24. The Morgan fingerprint density at radius 1 is 1.21 bits per heavy atom. The minimum Gasteiger partial charge on any atom is -0.388 e. The third kappa shape index (κ3) is 2.84. The summed E-state index contributed by atoms with van der Waals surface area (Å²) >= 11 is 0. The van der Waals surface area contributed by atoms with Crippen molar-refractivity contribution in [3.63, 3.8) is 0 Å². The molecule has 2 rings (SSSR count). The molecule has 0 saturated heterocycles. The number of aromatic nitrogens is 3. The molecule has 0 aliphatic heterocycles. The fourth-order valence-corrected chi connectivity index (χ4v) is 2.48. The molecule has 1 aromatic carbocycles. The summed E-state index contributed by atoms with van der Waals surface area (Å²) in [5.74, 6) is 0.824. The predicted octanol–water partition coefficient (Wildman–Crippen LogP) is 2.75. The fourth-order valence-electron chi connectivity index (χ4n) is 2.48. The molecule has 4 heteroatoms. The molecular formula is C15H21N3O. The highest BCUT2D eigenvalue weighted by Gasteiger charge is 2.17. The van der Waals surface area contributed by atoms with Crippen molar-refractivity contribution in [2.45, 2.75) is 46.3 Å². The van der Waals surface area contributed by atoms with Crippen LogP contribution < -0.4 is 0 Å². The Hall–Kier alpha value is -1.68. The quantitative estimate of drug-likeness (QED) is 0.918. The Morgan fingerprint density at radius 3 is 2.42 bits per heavy atom. The second-order valence-corrected chi connectivity index (χ2v) is 5.24. The molecular weight excluding hydrogens is 238 g/mol. The molecule has 0 radical (unpaired) electrons. The van der Waals surface area contributed by atoms with E-state index in [1.165, 1.54) is 0 Å². The van der Waals surface area contributed by atoms with E-state index in [9.17, 15) is 5.11 Å². The number of aliphatic hydroxyl groups excluding tert-OH is 1. The van der Waals surface area contributed by atoms with Gasteiger partial charge in [-0.15, -0.1) is 0 Å². The number of benzene rings is 1. The topological polar surface area (TPSA) is 50.9 Å². The van der Waals surface area contributed by atoms with E-state index in [4.69, 9.17) is 0 Å². The molecule has 1 aromatic heterocycles. The van der Waals surface area contributed by atoms with E-state index in [1.54, 1.807) is 6.33 Å². The van der Waals surface area contributed by atoms with E-state index < -0.39 is 6.10 Å². The first-order chi connectivity index (χ1) is 9.00. The van der Waals surface area contributed by atoms with Crippen LogP contribution in [0.25, 0.3) is 0 Å². The van der Waals surface area contributed by atoms with Gasteiger partial charge in [0.2, 0.25) is 0 Å². The van der Waals surface area contributed by atoms with Gasteiger partial charge in [0.05, 0.1) is 6.10 Å². The van der Waals surface area contributed by atoms with Crippen LogP contribution >= 0.6 is 0 Å². The van der Waals surface area contributed by atoms with Crippen LogP contribution in [0.3, 0.4) is 0 Å². The van der Waals surface area contributed by atoms with Gasteiger partial charge in [-0.2, -0.15) is 5.10 Å². The van der Waals surface area contributed by atoms with E-state index in [-0.39, 0.29) is 6.04 Å². The van der Waals surface area contributed by atoms with Crippen molar-refractivity contribution in [1.82, 2.24) is 14.8 Å². The van der Waals surface area contributed by atoms with E-state index in [2.05, 4.69) is 23.9 Å². The van der Waals surface area contributed by atoms with Gasteiger partial charge in [-0.1, -0.05) is 18.2 Å². The normalized spacial score (nSPS) is 12.9. The first kappa shape index (κ1) is 13.7. The minimum absolute atomic E-state index is 0.252. The molecule has 1 heterocycles. The Kier molecular flexibility index (Phi) is 4.00. The summed E-state index contributed by atoms with van der Waals surface area (Å²) in [7, 11) is 0. The highest BCUT2D eigenvalue weighted by Crippen LogP contribution is 2.24. The van der Waals surface area contributed by atoms with Crippen molar-refractivity contribution in [2.75, 3.05) is 0 Å². The minimum atomic E-state index is -0.539. The smallest absolute Gasteiger partial charge is 0.138 e. The van der Waals surface area contributed by atoms with E-state index in [1.807, 2.05) is 36.7 Å². The van der Waals surface area contributed by atoms with Gasteiger partial charge in [-0.05, 0) is 44.4 Å². The number of hydrogen-bond donors (Lipinski definition) is 1. The van der Waals surface area contributed by atoms with Crippen LogP contribution in [0.15, 0.2) is 24.5 Å². The molecule has 0 saturated carbocycles. The molecule has 0 bridgehead atoms. The highest BCUT2D eigenvalue weighted by atomic mass is 16.3. The Morgan fingerprint density at radius 2 is 1.84 bits per heavy atom. The predicted molar refractivity (Wildman–Crippen MR) is 75.0 cm³/mol. The Balaban J connectivity index is 2.26. The zero-order valence-electron chi connectivity index (χ0n) is 12.0. The van der Waals surface area contributed by atoms with E-state index in [0.29, 0.717) is 6.42 Å². The van der Waals surface area contributed by atoms with Gasteiger partial charge in [0, 0.05) is 12.5 Å². The van der Waals surface area contributed by atoms with Crippen molar-refractivity contribution in [3.8, 4) is 0 Å². The first-order valence-electron chi connectivity index (χ1n) is 6.63. The standard InChI is InChI=1S/C15H21N3O/c1-10(2)18-14(16-9-17-18)8-13(19)15-11(3)6-5-7-12(15)4/h5-7,9-10,13,19H,8H2,1-4H3. The maximum Gasteiger partial charge on any atom is 0.138 e. The van der Waals surface area contributed by atoms with Crippen LogP contribution in [0.4, 0.5) is 0 Å². The molecule has 0 aliphatic rings. The summed E-state index contributed by atoms with van der Waals surface area (Å²) in [6.45, 7) is 8.17. The van der Waals surface area contributed by atoms with Gasteiger partial charge in [-0.3, -0.25) is 0 Å². The molecule has 102 valence electrons. The van der Waals surface area contributed by atoms with Crippen molar-refractivity contribution < 1.29 is 5.11 Å². The van der Waals surface area contributed by atoms with Crippen LogP contribution in [-0.4, -0.2) is 19.9 Å². The zero-order chi connectivity index (χ0) is 14.0. The molecule has 4 nitrogen and oxygen atoms in total. The molecule has 1 atom stereocenters. The van der Waals surface area contributed by atoms with Crippen molar-refractivity contribution in [3.05, 3.63) is 47.0 Å². The summed E-state index contributed by atoms with van der Waals surface area (Å²) in [4.78, 5) is 4.25. The van der Waals surface area contributed by atoms with Gasteiger partial charge in [-0.25, -0.2) is 9.67 Å². The maximum absolute atomic E-state index is 10.5. The maximum atomic E-state index is 10.5. The van der Waals surface area contributed by atoms with Crippen LogP contribution in [0.2, 0.25) is 0 Å². The average Bonchev–Trinajstić information content (AvgIpc) is 2.76. The first-order valence-corrected chi connectivity index (χ1v) is 6.63. The number of rotatable bonds is 4. The van der Waals surface area contributed by atoms with Gasteiger partial charge in [0.1, 0.15) is 12.2 Å². The van der Waals surface area contributed by atoms with Crippen LogP contribution in [-0.2, 0) is 6.42 Å². The number of aryl methyl sites for hydroxylation is 2. The summed E-state index contributed by atoms with van der Waals surface area (Å²) in [6, 6.07) is 6.32. The summed E-state index contributed by atoms with van der Waals surface area (Å²) in [6.07, 6.45) is 1.50. The van der Waals surface area contributed by atoms with Gasteiger partial charge in [0.25, 0.3) is 0 Å². The van der Waals surface area contributed by atoms with Gasteiger partial charge < -0.3 is 5.11 Å². The molecule has 0 aliphatic carbocycles. The third-order valence-corrected chi connectivity index (χ3v) is 3.39. The molecule has 1 unspecified atom stereocenters. The van der Waals surface area contributed by atoms with Gasteiger partial charge >= 0.3 is 0 Å². The van der Waals surface area contributed by atoms with Crippen molar-refractivity contribution in [1.29, 1.82) is 0 Å². The SMILES string of the molecule is Cc1cccc(C)c1C(O)Cc1ncnn1C(C)C. The van der Waals surface area contributed by atoms with Crippen LogP contribution in [0.1, 0.15) is 48.5 Å². The van der Waals surface area contributed by atoms with Crippen LogP contribution in [0, 0.1) is 13.8 Å². The molecule has 0 fully saturated rings. The van der Waals surface area contributed by atoms with Crippen molar-refractivity contribution >= 4 is 0 Å². The molecule has 1 N–H and O–H groups in total. The average molecular weight is 259 g/mol. The Labute approximate surface area is 114 Å². The fraction of sp³-hybridized carbons (Fsp3) is 0.467. The largest absolute Gasteiger partial charge is 0.388 e. The van der Waals surface area contributed by atoms with Gasteiger partial charge in [0.15, 0.2) is 0 Å². The lowest BCUT2D eigenvalue weighted by molar-refractivity contribution is 0.172. The number of hydrogen-bond acceptors (Lipinski definition) is 3. The van der Waals surface area contributed by atoms with Crippen molar-refractivity contribution in [2.24, 2.45) is 0 Å². The molecule has 0 spiro atoms. The monoisotopic (exact) mass is 259 g/mol. The third-order valence-electron chi connectivity index (χ3n) is 3.39. The lowest BCUT2D eigenvalue weighted by Crippen LogP contribution is -2.13. The lowest BCUT2D eigenvalue weighted by atomic mass is 9.96. The number of nitrogens with zero attached hydrogens (tertiary/aromatic N) is 3. The molecule has 2 aromatic rings. The number of aliphatic hydroxyl groups is 1. The zero-order valence-corrected chi connectivity index (χ0v) is 12.0. The summed E-state index contributed by atoms with van der Waals surface area (Å²) < 4.78 is 1.86. The van der Waals surface area contributed by atoms with E-state index >= 15 is 0 Å². The molecule has 19 heavy (non-hydrogen) atoms.